The first-order valence-corrected chi connectivity index (χ1v) is 9.77. The number of rotatable bonds is 1. The summed E-state index contributed by atoms with van der Waals surface area (Å²) in [6.07, 6.45) is 1.39. The largest absolute Gasteiger partial charge is 0.508 e. The van der Waals surface area contributed by atoms with E-state index in [0.717, 1.165) is 45.3 Å². The van der Waals surface area contributed by atoms with Gasteiger partial charge in [0, 0.05) is 29.3 Å². The van der Waals surface area contributed by atoms with Crippen molar-refractivity contribution in [3.63, 3.8) is 0 Å². The minimum absolute atomic E-state index is 0.0549. The van der Waals surface area contributed by atoms with Crippen LogP contribution in [0.2, 0.25) is 0 Å². The number of aromatic hydroxyl groups is 1. The molecule has 0 saturated heterocycles. The Labute approximate surface area is 164 Å². The van der Waals surface area contributed by atoms with E-state index in [-0.39, 0.29) is 22.9 Å². The minimum atomic E-state index is -0.173. The van der Waals surface area contributed by atoms with Crippen LogP contribution in [0.5, 0.6) is 5.75 Å². The average molecular weight is 369 g/mol. The van der Waals surface area contributed by atoms with Gasteiger partial charge in [-0.05, 0) is 51.9 Å². The zero-order chi connectivity index (χ0) is 19.5. The van der Waals surface area contributed by atoms with Crippen LogP contribution in [0.25, 0.3) is 10.8 Å². The molecule has 28 heavy (non-hydrogen) atoms. The van der Waals surface area contributed by atoms with E-state index in [1.807, 2.05) is 24.3 Å². The molecule has 0 radical (unpaired) electrons. The second-order valence-electron chi connectivity index (χ2n) is 8.73. The predicted molar refractivity (Wildman–Crippen MR) is 113 cm³/mol. The van der Waals surface area contributed by atoms with E-state index < -0.39 is 0 Å². The van der Waals surface area contributed by atoms with Crippen LogP contribution in [-0.2, 0) is 4.79 Å². The highest BCUT2D eigenvalue weighted by Gasteiger charge is 2.41. The zero-order valence-corrected chi connectivity index (χ0v) is 16.1. The summed E-state index contributed by atoms with van der Waals surface area (Å²) in [6.45, 7) is 4.30. The first-order valence-electron chi connectivity index (χ1n) is 9.77. The van der Waals surface area contributed by atoms with E-state index in [1.54, 1.807) is 12.1 Å². The van der Waals surface area contributed by atoms with Crippen LogP contribution < -0.4 is 5.32 Å². The van der Waals surface area contributed by atoms with E-state index in [1.165, 1.54) is 0 Å². The number of carbonyl (C=O) groups is 1. The molecule has 5 rings (SSSR count). The number of carbonyl (C=O) groups excluding carboxylic acids is 1. The first-order chi connectivity index (χ1) is 13.4. The topological polar surface area (TPSA) is 49.3 Å². The van der Waals surface area contributed by atoms with Gasteiger partial charge in [0.2, 0.25) is 0 Å². The Morgan fingerprint density at radius 2 is 1.82 bits per heavy atom. The predicted octanol–water partition coefficient (Wildman–Crippen LogP) is 5.75. The fourth-order valence-corrected chi connectivity index (χ4v) is 4.84. The molecule has 2 aliphatic rings. The lowest BCUT2D eigenvalue weighted by Gasteiger charge is -2.40. The molecule has 0 fully saturated rings. The highest BCUT2D eigenvalue weighted by molar-refractivity contribution is 6.04. The number of fused-ring (bicyclic) bond motifs is 3. The van der Waals surface area contributed by atoms with Crippen LogP contribution in [0.1, 0.15) is 43.7 Å². The number of ketones is 1. The van der Waals surface area contributed by atoms with E-state index in [4.69, 9.17) is 0 Å². The SMILES string of the molecule is CC1(C)CC(=O)C2=C(C1)Nc1ccc3ccccc3c1C2c1cccc(O)c1. The van der Waals surface area contributed by atoms with Crippen molar-refractivity contribution < 1.29 is 9.90 Å². The summed E-state index contributed by atoms with van der Waals surface area (Å²) in [5, 5.41) is 16.0. The van der Waals surface area contributed by atoms with Crippen molar-refractivity contribution in [3.05, 3.63) is 83.1 Å². The zero-order valence-electron chi connectivity index (χ0n) is 16.1. The number of phenolic OH excluding ortho intramolecular Hbond substituents is 1. The molecule has 3 nitrogen and oxygen atoms in total. The molecule has 1 heterocycles. The minimum Gasteiger partial charge on any atom is -0.508 e. The molecule has 1 aliphatic carbocycles. The third-order valence-corrected chi connectivity index (χ3v) is 5.96. The standard InChI is InChI=1S/C25H23NO2/c1-25(2)13-20-24(21(28)14-25)22(16-7-5-8-17(27)12-16)23-18-9-4-3-6-15(18)10-11-19(23)26-20/h3-12,22,26-27H,13-14H2,1-2H3. The van der Waals surface area contributed by atoms with Gasteiger partial charge in [-0.1, -0.05) is 56.3 Å². The quantitative estimate of drug-likeness (QED) is 0.574. The van der Waals surface area contributed by atoms with Gasteiger partial charge in [-0.2, -0.15) is 0 Å². The molecule has 0 bridgehead atoms. The Balaban J connectivity index is 1.83. The molecule has 1 aliphatic heterocycles. The molecule has 0 spiro atoms. The Hall–Kier alpha value is -3.07. The Morgan fingerprint density at radius 1 is 1.00 bits per heavy atom. The Morgan fingerprint density at radius 3 is 2.64 bits per heavy atom. The summed E-state index contributed by atoms with van der Waals surface area (Å²) >= 11 is 0. The number of hydrogen-bond donors (Lipinski definition) is 2. The van der Waals surface area contributed by atoms with Crippen LogP contribution in [0.3, 0.4) is 0 Å². The molecule has 1 unspecified atom stereocenters. The first kappa shape index (κ1) is 17.1. The lowest BCUT2D eigenvalue weighted by molar-refractivity contribution is -0.118. The fourth-order valence-electron chi connectivity index (χ4n) is 4.84. The third-order valence-electron chi connectivity index (χ3n) is 5.96. The molecule has 2 N–H and O–H groups in total. The van der Waals surface area contributed by atoms with Gasteiger partial charge in [-0.25, -0.2) is 0 Å². The Kier molecular flexibility index (Phi) is 3.63. The molecule has 1 atom stereocenters. The van der Waals surface area contributed by atoms with Crippen molar-refractivity contribution in [2.45, 2.75) is 32.6 Å². The maximum Gasteiger partial charge on any atom is 0.162 e. The van der Waals surface area contributed by atoms with Crippen molar-refractivity contribution in [1.29, 1.82) is 0 Å². The van der Waals surface area contributed by atoms with Crippen LogP contribution in [0.15, 0.2) is 71.9 Å². The van der Waals surface area contributed by atoms with Gasteiger partial charge < -0.3 is 10.4 Å². The highest BCUT2D eigenvalue weighted by atomic mass is 16.3. The number of hydrogen-bond acceptors (Lipinski definition) is 3. The molecule has 3 heteroatoms. The van der Waals surface area contributed by atoms with Crippen molar-refractivity contribution in [2.75, 3.05) is 5.32 Å². The molecule has 0 amide bonds. The number of phenols is 1. The number of benzene rings is 3. The summed E-state index contributed by atoms with van der Waals surface area (Å²) < 4.78 is 0. The van der Waals surface area contributed by atoms with Gasteiger partial charge in [0.1, 0.15) is 5.75 Å². The number of Topliss-reactive ketones (excluding diaryl/α,β-unsaturated/α-hetero) is 1. The lowest BCUT2D eigenvalue weighted by Crippen LogP contribution is -2.33. The smallest absolute Gasteiger partial charge is 0.162 e. The average Bonchev–Trinajstić information content (AvgIpc) is 2.65. The molecular formula is C25H23NO2. The lowest BCUT2D eigenvalue weighted by atomic mass is 9.68. The normalized spacial score (nSPS) is 20.5. The van der Waals surface area contributed by atoms with Gasteiger partial charge in [0.15, 0.2) is 5.78 Å². The molecule has 3 aromatic rings. The third kappa shape index (κ3) is 2.62. The molecular weight excluding hydrogens is 346 g/mol. The molecule has 140 valence electrons. The van der Waals surface area contributed by atoms with Crippen LogP contribution in [-0.4, -0.2) is 10.9 Å². The maximum atomic E-state index is 13.3. The van der Waals surface area contributed by atoms with E-state index in [2.05, 4.69) is 43.4 Å². The van der Waals surface area contributed by atoms with Crippen LogP contribution in [0.4, 0.5) is 5.69 Å². The molecule has 0 aromatic heterocycles. The van der Waals surface area contributed by atoms with Gasteiger partial charge in [-0.15, -0.1) is 0 Å². The summed E-state index contributed by atoms with van der Waals surface area (Å²) in [4.78, 5) is 13.3. The number of nitrogens with one attached hydrogen (secondary N) is 1. The maximum absolute atomic E-state index is 13.3. The van der Waals surface area contributed by atoms with E-state index >= 15 is 0 Å². The number of allylic oxidation sites excluding steroid dienone is 2. The monoisotopic (exact) mass is 369 g/mol. The van der Waals surface area contributed by atoms with Crippen molar-refractivity contribution in [2.24, 2.45) is 5.41 Å². The van der Waals surface area contributed by atoms with E-state index in [9.17, 15) is 9.90 Å². The van der Waals surface area contributed by atoms with E-state index in [0.29, 0.717) is 6.42 Å². The summed E-state index contributed by atoms with van der Waals surface area (Å²) in [7, 11) is 0. The van der Waals surface area contributed by atoms with Crippen molar-refractivity contribution in [1.82, 2.24) is 0 Å². The molecule has 3 aromatic carbocycles. The van der Waals surface area contributed by atoms with Gasteiger partial charge >= 0.3 is 0 Å². The fraction of sp³-hybridized carbons (Fsp3) is 0.240. The second-order valence-corrected chi connectivity index (χ2v) is 8.73. The van der Waals surface area contributed by atoms with Gasteiger partial charge in [0.25, 0.3) is 0 Å². The highest BCUT2D eigenvalue weighted by Crippen LogP contribution is 2.51. The van der Waals surface area contributed by atoms with Crippen molar-refractivity contribution >= 4 is 22.2 Å². The van der Waals surface area contributed by atoms with Gasteiger partial charge in [0.05, 0.1) is 0 Å². The summed E-state index contributed by atoms with van der Waals surface area (Å²) in [5.74, 6) is 0.252. The molecule has 0 saturated carbocycles. The van der Waals surface area contributed by atoms with Crippen LogP contribution in [0, 0.1) is 5.41 Å². The van der Waals surface area contributed by atoms with Gasteiger partial charge in [-0.3, -0.25) is 4.79 Å². The number of anilines is 1. The Bertz CT molecular complexity index is 1160. The van der Waals surface area contributed by atoms with Crippen molar-refractivity contribution in [3.8, 4) is 5.75 Å². The second kappa shape index (κ2) is 5.96. The summed E-state index contributed by atoms with van der Waals surface area (Å²) in [6, 6.07) is 19.9. The van der Waals surface area contributed by atoms with Crippen LogP contribution >= 0.6 is 0 Å². The summed E-state index contributed by atoms with van der Waals surface area (Å²) in [5.41, 5.74) is 4.96.